The number of nitrogens with two attached hydrogens (primary N) is 1. The predicted octanol–water partition coefficient (Wildman–Crippen LogP) is 2.06. The molecule has 0 heterocycles. The van der Waals surface area contributed by atoms with Gasteiger partial charge in [0.2, 0.25) is 0 Å². The van der Waals surface area contributed by atoms with Gasteiger partial charge in [0, 0.05) is 12.1 Å². The smallest absolute Gasteiger partial charge is 0.198 e. The molecule has 2 N–H and O–H groups in total. The summed E-state index contributed by atoms with van der Waals surface area (Å²) in [6, 6.07) is 1.58. The van der Waals surface area contributed by atoms with E-state index >= 15 is 0 Å². The fraction of sp³-hybridized carbons (Fsp3) is 0.333. The van der Waals surface area contributed by atoms with Crippen LogP contribution in [0.4, 0.5) is 4.39 Å². The number of halogens is 2. The molecular formula is C9H11BrFNO2. The van der Waals surface area contributed by atoms with Crippen molar-refractivity contribution in [3.63, 3.8) is 0 Å². The van der Waals surface area contributed by atoms with E-state index in [4.69, 9.17) is 15.2 Å². The van der Waals surface area contributed by atoms with Crippen LogP contribution in [0.3, 0.4) is 0 Å². The molecule has 0 saturated carbocycles. The minimum Gasteiger partial charge on any atom is -0.492 e. The van der Waals surface area contributed by atoms with Gasteiger partial charge in [-0.1, -0.05) is 0 Å². The van der Waals surface area contributed by atoms with Gasteiger partial charge >= 0.3 is 0 Å². The normalized spacial score (nSPS) is 10.1. The van der Waals surface area contributed by atoms with E-state index in [1.54, 1.807) is 6.07 Å². The fourth-order valence-corrected chi connectivity index (χ4v) is 1.65. The Morgan fingerprint density at radius 2 is 1.93 bits per heavy atom. The van der Waals surface area contributed by atoms with Crippen molar-refractivity contribution in [2.75, 3.05) is 14.2 Å². The van der Waals surface area contributed by atoms with E-state index in [-0.39, 0.29) is 12.3 Å². The first-order chi connectivity index (χ1) is 6.65. The summed E-state index contributed by atoms with van der Waals surface area (Å²) in [5.41, 5.74) is 6.18. The first-order valence-corrected chi connectivity index (χ1v) is 4.73. The highest BCUT2D eigenvalue weighted by atomic mass is 79.9. The number of benzene rings is 1. The van der Waals surface area contributed by atoms with Crippen LogP contribution in [0.5, 0.6) is 11.5 Å². The van der Waals surface area contributed by atoms with Crippen LogP contribution >= 0.6 is 15.9 Å². The molecule has 0 aromatic heterocycles. The third kappa shape index (κ3) is 1.83. The standard InChI is InChI=1S/C9H11BrFNO2/c1-13-8-5(4-12)3-6(10)7(11)9(8)14-2/h3H,4,12H2,1-2H3. The summed E-state index contributed by atoms with van der Waals surface area (Å²) in [5.74, 6) is -0.0698. The van der Waals surface area contributed by atoms with Crippen molar-refractivity contribution < 1.29 is 13.9 Å². The van der Waals surface area contributed by atoms with Crippen molar-refractivity contribution in [3.05, 3.63) is 21.9 Å². The van der Waals surface area contributed by atoms with Crippen molar-refractivity contribution in [3.8, 4) is 11.5 Å². The minimum atomic E-state index is -0.485. The zero-order valence-electron chi connectivity index (χ0n) is 7.93. The molecule has 14 heavy (non-hydrogen) atoms. The van der Waals surface area contributed by atoms with Gasteiger partial charge in [-0.3, -0.25) is 0 Å². The van der Waals surface area contributed by atoms with E-state index in [2.05, 4.69) is 15.9 Å². The SMILES string of the molecule is COc1c(CN)cc(Br)c(F)c1OC. The average molecular weight is 264 g/mol. The van der Waals surface area contributed by atoms with Crippen molar-refractivity contribution >= 4 is 15.9 Å². The molecule has 0 amide bonds. The van der Waals surface area contributed by atoms with Gasteiger partial charge in [0.1, 0.15) is 0 Å². The van der Waals surface area contributed by atoms with E-state index in [0.717, 1.165) is 0 Å². The van der Waals surface area contributed by atoms with Crippen LogP contribution in [-0.2, 0) is 6.54 Å². The molecule has 0 bridgehead atoms. The molecule has 78 valence electrons. The van der Waals surface area contributed by atoms with E-state index in [1.807, 2.05) is 0 Å². The third-order valence-corrected chi connectivity index (χ3v) is 2.41. The first-order valence-electron chi connectivity index (χ1n) is 3.94. The molecule has 0 spiro atoms. The maximum absolute atomic E-state index is 13.5. The number of rotatable bonds is 3. The lowest BCUT2D eigenvalue weighted by Crippen LogP contribution is -2.03. The van der Waals surface area contributed by atoms with Crippen LogP contribution in [0, 0.1) is 5.82 Å². The van der Waals surface area contributed by atoms with Gasteiger partial charge in [0.15, 0.2) is 17.3 Å². The molecule has 5 heteroatoms. The Labute approximate surface area is 90.1 Å². The summed E-state index contributed by atoms with van der Waals surface area (Å²) in [6.45, 7) is 0.262. The summed E-state index contributed by atoms with van der Waals surface area (Å²) in [5, 5.41) is 0. The largest absolute Gasteiger partial charge is 0.492 e. The Morgan fingerprint density at radius 3 is 2.36 bits per heavy atom. The van der Waals surface area contributed by atoms with E-state index < -0.39 is 5.82 Å². The second-order valence-electron chi connectivity index (χ2n) is 2.60. The third-order valence-electron chi connectivity index (χ3n) is 1.84. The summed E-state index contributed by atoms with van der Waals surface area (Å²) in [4.78, 5) is 0. The fourth-order valence-electron chi connectivity index (χ4n) is 1.19. The van der Waals surface area contributed by atoms with Gasteiger partial charge in [-0.2, -0.15) is 0 Å². The molecule has 0 saturated heterocycles. The zero-order chi connectivity index (χ0) is 10.7. The Hall–Kier alpha value is -0.810. The average Bonchev–Trinajstić information content (AvgIpc) is 2.20. The monoisotopic (exact) mass is 263 g/mol. The maximum atomic E-state index is 13.5. The van der Waals surface area contributed by atoms with E-state index in [0.29, 0.717) is 15.8 Å². The highest BCUT2D eigenvalue weighted by molar-refractivity contribution is 9.10. The van der Waals surface area contributed by atoms with Crippen LogP contribution in [-0.4, -0.2) is 14.2 Å². The Morgan fingerprint density at radius 1 is 1.36 bits per heavy atom. The van der Waals surface area contributed by atoms with Crippen LogP contribution in [0.15, 0.2) is 10.5 Å². The lowest BCUT2D eigenvalue weighted by atomic mass is 10.2. The number of hydrogen-bond acceptors (Lipinski definition) is 3. The molecule has 0 aliphatic carbocycles. The summed E-state index contributed by atoms with van der Waals surface area (Å²) >= 11 is 3.08. The minimum absolute atomic E-state index is 0.0716. The quantitative estimate of drug-likeness (QED) is 0.908. The molecule has 0 unspecified atom stereocenters. The molecule has 1 aromatic rings. The number of ether oxygens (including phenoxy) is 2. The lowest BCUT2D eigenvalue weighted by Gasteiger charge is -2.13. The van der Waals surface area contributed by atoms with E-state index in [9.17, 15) is 4.39 Å². The number of methoxy groups -OCH3 is 2. The van der Waals surface area contributed by atoms with Crippen molar-refractivity contribution in [1.29, 1.82) is 0 Å². The second-order valence-corrected chi connectivity index (χ2v) is 3.46. The number of hydrogen-bond donors (Lipinski definition) is 1. The lowest BCUT2D eigenvalue weighted by molar-refractivity contribution is 0.334. The summed E-state index contributed by atoms with van der Waals surface area (Å²) < 4.78 is 23.7. The van der Waals surface area contributed by atoms with Gasteiger partial charge in [-0.05, 0) is 22.0 Å². The summed E-state index contributed by atoms with van der Waals surface area (Å²) in [6.07, 6.45) is 0. The molecule has 0 aliphatic rings. The molecular weight excluding hydrogens is 253 g/mol. The van der Waals surface area contributed by atoms with Crippen LogP contribution in [0.1, 0.15) is 5.56 Å². The molecule has 0 fully saturated rings. The van der Waals surface area contributed by atoms with Gasteiger partial charge in [-0.15, -0.1) is 0 Å². The van der Waals surface area contributed by atoms with Gasteiger partial charge in [-0.25, -0.2) is 4.39 Å². The molecule has 0 aliphatic heterocycles. The Kier molecular flexibility index (Phi) is 3.71. The van der Waals surface area contributed by atoms with Gasteiger partial charge < -0.3 is 15.2 Å². The van der Waals surface area contributed by atoms with Crippen molar-refractivity contribution in [1.82, 2.24) is 0 Å². The topological polar surface area (TPSA) is 44.5 Å². The highest BCUT2D eigenvalue weighted by Crippen LogP contribution is 2.37. The van der Waals surface area contributed by atoms with Crippen LogP contribution in [0.25, 0.3) is 0 Å². The molecule has 1 aromatic carbocycles. The van der Waals surface area contributed by atoms with Crippen LogP contribution in [0.2, 0.25) is 0 Å². The van der Waals surface area contributed by atoms with E-state index in [1.165, 1.54) is 14.2 Å². The maximum Gasteiger partial charge on any atom is 0.198 e. The highest BCUT2D eigenvalue weighted by Gasteiger charge is 2.17. The predicted molar refractivity (Wildman–Crippen MR) is 55.1 cm³/mol. The molecule has 0 atom stereocenters. The summed E-state index contributed by atoms with van der Waals surface area (Å²) in [7, 11) is 2.83. The molecule has 1 rings (SSSR count). The zero-order valence-corrected chi connectivity index (χ0v) is 9.52. The van der Waals surface area contributed by atoms with Crippen molar-refractivity contribution in [2.24, 2.45) is 5.73 Å². The second kappa shape index (κ2) is 4.61. The first kappa shape index (κ1) is 11.3. The Bertz CT molecular complexity index is 344. The van der Waals surface area contributed by atoms with Crippen molar-refractivity contribution in [2.45, 2.75) is 6.54 Å². The van der Waals surface area contributed by atoms with Crippen LogP contribution < -0.4 is 15.2 Å². The van der Waals surface area contributed by atoms with Gasteiger partial charge in [0.05, 0.1) is 18.7 Å². The van der Waals surface area contributed by atoms with Gasteiger partial charge in [0.25, 0.3) is 0 Å². The molecule has 3 nitrogen and oxygen atoms in total. The Balaban J connectivity index is 3.42. The molecule has 0 radical (unpaired) electrons.